The topological polar surface area (TPSA) is 49.9 Å². The lowest BCUT2D eigenvalue weighted by Gasteiger charge is -2.39. The van der Waals surface area contributed by atoms with Crippen LogP contribution >= 0.6 is 0 Å². The highest BCUT2D eigenvalue weighted by Crippen LogP contribution is 2.16. The number of carbonyl (C=O) groups excluding carboxylic acids is 2. The molecule has 0 spiro atoms. The first kappa shape index (κ1) is 15.5. The average molecular weight is 268 g/mol. The van der Waals surface area contributed by atoms with Gasteiger partial charge in [-0.3, -0.25) is 9.69 Å². The summed E-state index contributed by atoms with van der Waals surface area (Å²) >= 11 is 0. The smallest absolute Gasteiger partial charge is 0.411 e. The SMILES string of the molecule is C=CCCN1CCN(C(=O)OC(C)(C)C)C(C)C1=O. The average Bonchev–Trinajstić information content (AvgIpc) is 2.28. The predicted octanol–water partition coefficient (Wildman–Crippen LogP) is 2.03. The van der Waals surface area contributed by atoms with Crippen molar-refractivity contribution in [2.24, 2.45) is 0 Å². The molecule has 19 heavy (non-hydrogen) atoms. The Morgan fingerprint density at radius 2 is 2.11 bits per heavy atom. The summed E-state index contributed by atoms with van der Waals surface area (Å²) in [6.07, 6.45) is 2.14. The van der Waals surface area contributed by atoms with E-state index in [4.69, 9.17) is 4.74 Å². The molecule has 1 atom stereocenters. The van der Waals surface area contributed by atoms with Gasteiger partial charge in [-0.1, -0.05) is 6.08 Å². The highest BCUT2D eigenvalue weighted by atomic mass is 16.6. The van der Waals surface area contributed by atoms with Crippen LogP contribution in [0.4, 0.5) is 4.79 Å². The molecular weight excluding hydrogens is 244 g/mol. The maximum atomic E-state index is 12.2. The Labute approximate surface area is 115 Å². The van der Waals surface area contributed by atoms with Crippen molar-refractivity contribution in [3.05, 3.63) is 12.7 Å². The molecule has 1 saturated heterocycles. The quantitative estimate of drug-likeness (QED) is 0.736. The van der Waals surface area contributed by atoms with Crippen LogP contribution in [0.3, 0.4) is 0 Å². The predicted molar refractivity (Wildman–Crippen MR) is 73.8 cm³/mol. The minimum absolute atomic E-state index is 0.0287. The molecule has 0 bridgehead atoms. The minimum atomic E-state index is -0.542. The summed E-state index contributed by atoms with van der Waals surface area (Å²) in [6.45, 7) is 12.6. The number of carbonyl (C=O) groups is 2. The summed E-state index contributed by atoms with van der Waals surface area (Å²) in [5.41, 5.74) is -0.542. The van der Waals surface area contributed by atoms with Crippen LogP contribution in [-0.2, 0) is 9.53 Å². The fraction of sp³-hybridized carbons (Fsp3) is 0.714. The lowest BCUT2D eigenvalue weighted by atomic mass is 10.1. The molecule has 2 amide bonds. The van der Waals surface area contributed by atoms with Gasteiger partial charge in [-0.25, -0.2) is 4.79 Å². The lowest BCUT2D eigenvalue weighted by molar-refractivity contribution is -0.140. The van der Waals surface area contributed by atoms with Crippen molar-refractivity contribution in [3.8, 4) is 0 Å². The van der Waals surface area contributed by atoms with Gasteiger partial charge in [0.15, 0.2) is 0 Å². The van der Waals surface area contributed by atoms with Gasteiger partial charge in [0.05, 0.1) is 0 Å². The zero-order valence-corrected chi connectivity index (χ0v) is 12.3. The van der Waals surface area contributed by atoms with E-state index in [1.165, 1.54) is 4.90 Å². The molecular formula is C14H24N2O3. The van der Waals surface area contributed by atoms with E-state index in [1.807, 2.05) is 20.8 Å². The Kier molecular flexibility index (Phi) is 4.97. The number of nitrogens with zero attached hydrogens (tertiary/aromatic N) is 2. The first-order chi connectivity index (χ1) is 8.76. The van der Waals surface area contributed by atoms with Gasteiger partial charge in [0, 0.05) is 19.6 Å². The van der Waals surface area contributed by atoms with Crippen LogP contribution in [0.1, 0.15) is 34.1 Å². The van der Waals surface area contributed by atoms with Gasteiger partial charge in [-0.05, 0) is 34.1 Å². The molecule has 1 aliphatic rings. The highest BCUT2D eigenvalue weighted by molar-refractivity contribution is 5.86. The molecule has 1 unspecified atom stereocenters. The third-order valence-electron chi connectivity index (χ3n) is 2.98. The monoisotopic (exact) mass is 268 g/mol. The van der Waals surface area contributed by atoms with E-state index in [2.05, 4.69) is 6.58 Å². The molecule has 0 aromatic carbocycles. The second-order valence-corrected chi connectivity index (χ2v) is 5.75. The number of hydrogen-bond donors (Lipinski definition) is 0. The minimum Gasteiger partial charge on any atom is -0.444 e. The van der Waals surface area contributed by atoms with E-state index in [-0.39, 0.29) is 5.91 Å². The number of hydrogen-bond acceptors (Lipinski definition) is 3. The third kappa shape index (κ3) is 4.26. The van der Waals surface area contributed by atoms with Crippen molar-refractivity contribution in [2.45, 2.75) is 45.8 Å². The van der Waals surface area contributed by atoms with Gasteiger partial charge in [-0.15, -0.1) is 6.58 Å². The Morgan fingerprint density at radius 3 is 2.63 bits per heavy atom. The Balaban J connectivity index is 2.63. The van der Waals surface area contributed by atoms with Crippen LogP contribution in [0, 0.1) is 0 Å². The summed E-state index contributed by atoms with van der Waals surface area (Å²) in [6, 6.07) is -0.464. The maximum Gasteiger partial charge on any atom is 0.411 e. The summed E-state index contributed by atoms with van der Waals surface area (Å²) in [4.78, 5) is 27.4. The molecule has 0 saturated carbocycles. The molecule has 0 radical (unpaired) electrons. The summed E-state index contributed by atoms with van der Waals surface area (Å²) < 4.78 is 5.31. The molecule has 108 valence electrons. The number of amides is 2. The van der Waals surface area contributed by atoms with E-state index in [9.17, 15) is 9.59 Å². The van der Waals surface area contributed by atoms with Crippen LogP contribution < -0.4 is 0 Å². The Hall–Kier alpha value is -1.52. The maximum absolute atomic E-state index is 12.2. The van der Waals surface area contributed by atoms with Gasteiger partial charge >= 0.3 is 6.09 Å². The fourth-order valence-electron chi connectivity index (χ4n) is 1.97. The van der Waals surface area contributed by atoms with Crippen molar-refractivity contribution in [3.63, 3.8) is 0 Å². The van der Waals surface area contributed by atoms with E-state index in [1.54, 1.807) is 17.9 Å². The van der Waals surface area contributed by atoms with Gasteiger partial charge in [0.25, 0.3) is 0 Å². The summed E-state index contributed by atoms with van der Waals surface area (Å²) in [5.74, 6) is -0.0287. The summed E-state index contributed by atoms with van der Waals surface area (Å²) in [7, 11) is 0. The standard InChI is InChI=1S/C14H24N2O3/c1-6-7-8-15-9-10-16(11(2)12(15)17)13(18)19-14(3,4)5/h6,11H,1,7-10H2,2-5H3. The second-order valence-electron chi connectivity index (χ2n) is 5.75. The fourth-order valence-corrected chi connectivity index (χ4v) is 1.97. The first-order valence-corrected chi connectivity index (χ1v) is 6.65. The van der Waals surface area contributed by atoms with Crippen LogP contribution in [-0.4, -0.2) is 53.1 Å². The third-order valence-corrected chi connectivity index (χ3v) is 2.98. The van der Waals surface area contributed by atoms with Crippen LogP contribution in [0.15, 0.2) is 12.7 Å². The van der Waals surface area contributed by atoms with Crippen molar-refractivity contribution in [1.29, 1.82) is 0 Å². The largest absolute Gasteiger partial charge is 0.444 e. The lowest BCUT2D eigenvalue weighted by Crippen LogP contribution is -2.58. The van der Waals surface area contributed by atoms with Crippen molar-refractivity contribution < 1.29 is 14.3 Å². The molecule has 1 rings (SSSR count). The van der Waals surface area contributed by atoms with Crippen LogP contribution in [0.5, 0.6) is 0 Å². The molecule has 5 heteroatoms. The first-order valence-electron chi connectivity index (χ1n) is 6.65. The molecule has 0 aromatic heterocycles. The van der Waals surface area contributed by atoms with Crippen LogP contribution in [0.2, 0.25) is 0 Å². The van der Waals surface area contributed by atoms with E-state index < -0.39 is 17.7 Å². The molecule has 0 N–H and O–H groups in total. The Bertz CT molecular complexity index is 360. The van der Waals surface area contributed by atoms with Gasteiger partial charge < -0.3 is 9.64 Å². The zero-order valence-electron chi connectivity index (χ0n) is 12.3. The number of ether oxygens (including phenoxy) is 1. The molecule has 0 aromatic rings. The summed E-state index contributed by atoms with van der Waals surface area (Å²) in [5, 5.41) is 0. The molecule has 1 fully saturated rings. The van der Waals surface area contributed by atoms with Gasteiger partial charge in [0.2, 0.25) is 5.91 Å². The molecule has 1 heterocycles. The normalized spacial score (nSPS) is 20.4. The molecule has 5 nitrogen and oxygen atoms in total. The molecule has 0 aliphatic carbocycles. The van der Waals surface area contributed by atoms with Crippen molar-refractivity contribution in [1.82, 2.24) is 9.80 Å². The van der Waals surface area contributed by atoms with Crippen molar-refractivity contribution in [2.75, 3.05) is 19.6 Å². The Morgan fingerprint density at radius 1 is 1.47 bits per heavy atom. The van der Waals surface area contributed by atoms with E-state index >= 15 is 0 Å². The van der Waals surface area contributed by atoms with Crippen molar-refractivity contribution >= 4 is 12.0 Å². The number of piperazine rings is 1. The second kappa shape index (κ2) is 6.08. The van der Waals surface area contributed by atoms with Gasteiger partial charge in [-0.2, -0.15) is 0 Å². The highest BCUT2D eigenvalue weighted by Gasteiger charge is 2.35. The van der Waals surface area contributed by atoms with E-state index in [0.29, 0.717) is 19.6 Å². The van der Waals surface area contributed by atoms with Crippen LogP contribution in [0.25, 0.3) is 0 Å². The molecule has 1 aliphatic heterocycles. The van der Waals surface area contributed by atoms with E-state index in [0.717, 1.165) is 6.42 Å². The number of rotatable bonds is 3. The zero-order chi connectivity index (χ0) is 14.6. The van der Waals surface area contributed by atoms with Gasteiger partial charge in [0.1, 0.15) is 11.6 Å².